The van der Waals surface area contributed by atoms with E-state index in [1.54, 1.807) is 0 Å². The van der Waals surface area contributed by atoms with Crippen LogP contribution in [0.1, 0.15) is 32.6 Å². The summed E-state index contributed by atoms with van der Waals surface area (Å²) in [4.78, 5) is 2.65. The molecule has 2 unspecified atom stereocenters. The minimum absolute atomic E-state index is 0.511. The highest BCUT2D eigenvalue weighted by Crippen LogP contribution is 2.20. The van der Waals surface area contributed by atoms with Gasteiger partial charge in [-0.2, -0.15) is 0 Å². The highest BCUT2D eigenvalue weighted by Gasteiger charge is 2.27. The largest absolute Gasteiger partial charge is 0.381 e. The summed E-state index contributed by atoms with van der Waals surface area (Å²) in [5.41, 5.74) is 0. The van der Waals surface area contributed by atoms with Gasteiger partial charge in [0.15, 0.2) is 0 Å². The maximum atomic E-state index is 5.40. The normalized spacial score (nSPS) is 35.6. The van der Waals surface area contributed by atoms with Crippen molar-refractivity contribution in [2.45, 2.75) is 50.8 Å². The van der Waals surface area contributed by atoms with Gasteiger partial charge in [0, 0.05) is 38.8 Å². The van der Waals surface area contributed by atoms with Gasteiger partial charge in [-0.15, -0.1) is 0 Å². The van der Waals surface area contributed by atoms with E-state index < -0.39 is 0 Å². The van der Waals surface area contributed by atoms with Gasteiger partial charge in [-0.1, -0.05) is 0 Å². The first-order chi connectivity index (χ1) is 7.29. The van der Waals surface area contributed by atoms with Gasteiger partial charge >= 0.3 is 0 Å². The Labute approximate surface area is 93.2 Å². The Morgan fingerprint density at radius 3 is 2.40 bits per heavy atom. The van der Waals surface area contributed by atoms with Gasteiger partial charge in [0.2, 0.25) is 0 Å². The molecule has 3 heteroatoms. The summed E-state index contributed by atoms with van der Waals surface area (Å²) in [6.45, 7) is 5.91. The summed E-state index contributed by atoms with van der Waals surface area (Å²) in [7, 11) is 1.84. The van der Waals surface area contributed by atoms with E-state index in [4.69, 9.17) is 4.74 Å². The molecule has 3 nitrogen and oxygen atoms in total. The van der Waals surface area contributed by atoms with Crippen LogP contribution in [0.3, 0.4) is 0 Å². The number of nitrogens with zero attached hydrogens (tertiary/aromatic N) is 1. The third-order valence-corrected chi connectivity index (χ3v) is 3.96. The van der Waals surface area contributed by atoms with E-state index in [9.17, 15) is 0 Å². The monoisotopic (exact) mass is 212 g/mol. The zero-order chi connectivity index (χ0) is 10.7. The molecule has 2 fully saturated rings. The average molecular weight is 212 g/mol. The van der Waals surface area contributed by atoms with Gasteiger partial charge in [0.1, 0.15) is 0 Å². The number of rotatable bonds is 2. The highest BCUT2D eigenvalue weighted by atomic mass is 16.5. The van der Waals surface area contributed by atoms with E-state index in [1.807, 2.05) is 7.11 Å². The number of ether oxygens (including phenoxy) is 1. The van der Waals surface area contributed by atoms with Crippen molar-refractivity contribution in [2.24, 2.45) is 0 Å². The standard InChI is InChI=1S/C12H24N2O/c1-10-3-4-11(9-13-10)14-7-5-12(15-2)6-8-14/h10-13H,3-9H2,1-2H3. The van der Waals surface area contributed by atoms with Crippen molar-refractivity contribution in [1.29, 1.82) is 0 Å². The van der Waals surface area contributed by atoms with Gasteiger partial charge < -0.3 is 10.1 Å². The zero-order valence-electron chi connectivity index (χ0n) is 10.0. The van der Waals surface area contributed by atoms with E-state index in [1.165, 1.54) is 45.3 Å². The molecule has 2 rings (SSSR count). The van der Waals surface area contributed by atoms with E-state index in [2.05, 4.69) is 17.1 Å². The minimum atomic E-state index is 0.511. The fraction of sp³-hybridized carbons (Fsp3) is 1.00. The molecule has 1 N–H and O–H groups in total. The maximum absolute atomic E-state index is 5.40. The van der Waals surface area contributed by atoms with Crippen LogP contribution in [0.4, 0.5) is 0 Å². The van der Waals surface area contributed by atoms with Crippen molar-refractivity contribution >= 4 is 0 Å². The molecule has 2 aliphatic rings. The summed E-state index contributed by atoms with van der Waals surface area (Å²) < 4.78 is 5.40. The van der Waals surface area contributed by atoms with Crippen LogP contribution in [-0.4, -0.2) is 49.8 Å². The van der Waals surface area contributed by atoms with Crippen molar-refractivity contribution in [3.63, 3.8) is 0 Å². The molecule has 0 radical (unpaired) electrons. The molecule has 0 aromatic rings. The number of hydrogen-bond acceptors (Lipinski definition) is 3. The fourth-order valence-corrected chi connectivity index (χ4v) is 2.77. The third-order valence-electron chi connectivity index (χ3n) is 3.96. The van der Waals surface area contributed by atoms with Crippen LogP contribution in [0, 0.1) is 0 Å². The van der Waals surface area contributed by atoms with Crippen LogP contribution in [-0.2, 0) is 4.74 Å². The Hall–Kier alpha value is -0.120. The molecule has 0 saturated carbocycles. The van der Waals surface area contributed by atoms with Crippen molar-refractivity contribution in [3.8, 4) is 0 Å². The zero-order valence-corrected chi connectivity index (χ0v) is 10.0. The maximum Gasteiger partial charge on any atom is 0.0595 e. The van der Waals surface area contributed by atoms with Gasteiger partial charge in [0.05, 0.1) is 6.10 Å². The molecule has 2 aliphatic heterocycles. The Balaban J connectivity index is 1.75. The van der Waals surface area contributed by atoms with Crippen molar-refractivity contribution in [1.82, 2.24) is 10.2 Å². The molecule has 2 atom stereocenters. The van der Waals surface area contributed by atoms with E-state index in [0.29, 0.717) is 6.10 Å². The van der Waals surface area contributed by atoms with E-state index in [0.717, 1.165) is 12.1 Å². The molecule has 2 heterocycles. The molecular formula is C12H24N2O. The topological polar surface area (TPSA) is 24.5 Å². The average Bonchev–Trinajstić information content (AvgIpc) is 2.30. The van der Waals surface area contributed by atoms with Crippen LogP contribution in [0.2, 0.25) is 0 Å². The van der Waals surface area contributed by atoms with Crippen LogP contribution >= 0.6 is 0 Å². The van der Waals surface area contributed by atoms with Crippen LogP contribution in [0.25, 0.3) is 0 Å². The van der Waals surface area contributed by atoms with Crippen LogP contribution in [0.15, 0.2) is 0 Å². The second-order valence-corrected chi connectivity index (χ2v) is 5.01. The number of piperidine rings is 2. The molecular weight excluding hydrogens is 188 g/mol. The summed E-state index contributed by atoms with van der Waals surface area (Å²) >= 11 is 0. The lowest BCUT2D eigenvalue weighted by Crippen LogP contribution is -2.51. The van der Waals surface area contributed by atoms with E-state index in [-0.39, 0.29) is 0 Å². The Morgan fingerprint density at radius 1 is 1.13 bits per heavy atom. The molecule has 0 aliphatic carbocycles. The summed E-state index contributed by atoms with van der Waals surface area (Å²) in [6, 6.07) is 1.50. The molecule has 0 bridgehead atoms. The Kier molecular flexibility index (Phi) is 4.00. The third kappa shape index (κ3) is 2.92. The molecule has 88 valence electrons. The van der Waals surface area contributed by atoms with Crippen LogP contribution in [0.5, 0.6) is 0 Å². The molecule has 2 saturated heterocycles. The second kappa shape index (κ2) is 5.28. The molecule has 0 amide bonds. The predicted octanol–water partition coefficient (Wildman–Crippen LogP) is 1.24. The van der Waals surface area contributed by atoms with Gasteiger partial charge in [0.25, 0.3) is 0 Å². The Bertz CT molecular complexity index is 182. The number of likely N-dealkylation sites (tertiary alicyclic amines) is 1. The quantitative estimate of drug-likeness (QED) is 0.745. The van der Waals surface area contributed by atoms with Crippen molar-refractivity contribution in [2.75, 3.05) is 26.7 Å². The van der Waals surface area contributed by atoms with Crippen molar-refractivity contribution in [3.05, 3.63) is 0 Å². The van der Waals surface area contributed by atoms with Crippen LogP contribution < -0.4 is 5.32 Å². The lowest BCUT2D eigenvalue weighted by molar-refractivity contribution is 0.0217. The minimum Gasteiger partial charge on any atom is -0.381 e. The van der Waals surface area contributed by atoms with Gasteiger partial charge in [-0.25, -0.2) is 0 Å². The lowest BCUT2D eigenvalue weighted by atomic mass is 9.98. The molecule has 0 spiro atoms. The second-order valence-electron chi connectivity index (χ2n) is 5.01. The first-order valence-electron chi connectivity index (χ1n) is 6.30. The van der Waals surface area contributed by atoms with Gasteiger partial charge in [-0.3, -0.25) is 4.90 Å². The fourth-order valence-electron chi connectivity index (χ4n) is 2.77. The van der Waals surface area contributed by atoms with Gasteiger partial charge in [-0.05, 0) is 32.6 Å². The Morgan fingerprint density at radius 2 is 1.87 bits per heavy atom. The molecule has 0 aromatic heterocycles. The van der Waals surface area contributed by atoms with Crippen molar-refractivity contribution < 1.29 is 4.74 Å². The smallest absolute Gasteiger partial charge is 0.0595 e. The summed E-state index contributed by atoms with van der Waals surface area (Å²) in [5.74, 6) is 0. The number of methoxy groups -OCH3 is 1. The summed E-state index contributed by atoms with van der Waals surface area (Å²) in [6.07, 6.45) is 5.63. The molecule has 15 heavy (non-hydrogen) atoms. The predicted molar refractivity (Wildman–Crippen MR) is 62.1 cm³/mol. The first-order valence-corrected chi connectivity index (χ1v) is 6.30. The number of hydrogen-bond donors (Lipinski definition) is 1. The SMILES string of the molecule is COC1CCN(C2CCC(C)NC2)CC1. The number of nitrogens with one attached hydrogen (secondary N) is 1. The highest BCUT2D eigenvalue weighted by molar-refractivity contribution is 4.85. The van der Waals surface area contributed by atoms with E-state index >= 15 is 0 Å². The molecule has 0 aromatic carbocycles. The summed E-state index contributed by atoms with van der Waals surface area (Å²) in [5, 5.41) is 3.58. The lowest BCUT2D eigenvalue weighted by Gasteiger charge is -2.40. The first kappa shape index (κ1) is 11.4.